The van der Waals surface area contributed by atoms with E-state index < -0.39 is 0 Å². The molecular formula is C17H29N3. The molecule has 0 aromatic carbocycles. The highest BCUT2D eigenvalue weighted by Gasteiger charge is 2.31. The Hall–Kier alpha value is -1.09. The predicted octanol–water partition coefficient (Wildman–Crippen LogP) is 3.24. The molecule has 0 amide bonds. The standard InChI is InChI=1S/C17H29N3/c1-6-13(4)16-11-20(17(10-19-16)12(2)3)15-8-7-14(5)18-9-15/h7-9,12-13,16-17,19H,6,10-11H2,1-5H3. The molecule has 1 fully saturated rings. The second-order valence-electron chi connectivity index (χ2n) is 6.52. The molecule has 0 spiro atoms. The van der Waals surface area contributed by atoms with Crippen LogP contribution in [0.15, 0.2) is 18.3 Å². The van der Waals surface area contributed by atoms with Gasteiger partial charge in [0.15, 0.2) is 0 Å². The van der Waals surface area contributed by atoms with E-state index in [1.807, 2.05) is 13.1 Å². The van der Waals surface area contributed by atoms with Gasteiger partial charge < -0.3 is 10.2 Å². The van der Waals surface area contributed by atoms with E-state index in [2.05, 4.69) is 55.0 Å². The lowest BCUT2D eigenvalue weighted by Gasteiger charge is -2.45. The fourth-order valence-corrected chi connectivity index (χ4v) is 2.98. The molecule has 0 bridgehead atoms. The summed E-state index contributed by atoms with van der Waals surface area (Å²) >= 11 is 0. The molecule has 3 heteroatoms. The largest absolute Gasteiger partial charge is 0.364 e. The molecule has 3 atom stereocenters. The van der Waals surface area contributed by atoms with Gasteiger partial charge in [0.1, 0.15) is 0 Å². The molecule has 0 aliphatic carbocycles. The van der Waals surface area contributed by atoms with Crippen LogP contribution in [0.3, 0.4) is 0 Å². The second-order valence-corrected chi connectivity index (χ2v) is 6.52. The van der Waals surface area contributed by atoms with Crippen LogP contribution in [0.1, 0.15) is 39.8 Å². The van der Waals surface area contributed by atoms with Gasteiger partial charge in [-0.15, -0.1) is 0 Å². The minimum Gasteiger partial charge on any atom is -0.364 e. The molecule has 1 aliphatic heterocycles. The lowest BCUT2D eigenvalue weighted by Crippen LogP contribution is -2.60. The Bertz CT molecular complexity index is 413. The number of aromatic nitrogens is 1. The molecule has 2 rings (SSSR count). The Balaban J connectivity index is 2.20. The van der Waals surface area contributed by atoms with Crippen molar-refractivity contribution in [2.24, 2.45) is 11.8 Å². The summed E-state index contributed by atoms with van der Waals surface area (Å²) < 4.78 is 0. The molecule has 0 radical (unpaired) electrons. The van der Waals surface area contributed by atoms with Crippen LogP contribution in [-0.4, -0.2) is 30.2 Å². The van der Waals surface area contributed by atoms with Gasteiger partial charge in [0.2, 0.25) is 0 Å². The summed E-state index contributed by atoms with van der Waals surface area (Å²) in [6.07, 6.45) is 3.26. The van der Waals surface area contributed by atoms with Gasteiger partial charge in [0.25, 0.3) is 0 Å². The fraction of sp³-hybridized carbons (Fsp3) is 0.706. The van der Waals surface area contributed by atoms with Crippen molar-refractivity contribution in [1.82, 2.24) is 10.3 Å². The first kappa shape index (κ1) is 15.3. The van der Waals surface area contributed by atoms with Crippen LogP contribution in [0.2, 0.25) is 0 Å². The van der Waals surface area contributed by atoms with E-state index in [0.29, 0.717) is 23.9 Å². The van der Waals surface area contributed by atoms with E-state index in [1.165, 1.54) is 12.1 Å². The van der Waals surface area contributed by atoms with Gasteiger partial charge in [-0.2, -0.15) is 0 Å². The Morgan fingerprint density at radius 2 is 2.10 bits per heavy atom. The molecule has 1 aromatic rings. The van der Waals surface area contributed by atoms with Gasteiger partial charge in [0, 0.05) is 30.9 Å². The lowest BCUT2D eigenvalue weighted by molar-refractivity contribution is 0.281. The number of anilines is 1. The Morgan fingerprint density at radius 1 is 1.35 bits per heavy atom. The van der Waals surface area contributed by atoms with Crippen molar-refractivity contribution in [2.45, 2.75) is 53.1 Å². The molecule has 3 nitrogen and oxygen atoms in total. The SMILES string of the molecule is CCC(C)C1CN(c2ccc(C)nc2)C(C(C)C)CN1. The summed E-state index contributed by atoms with van der Waals surface area (Å²) in [5.74, 6) is 1.35. The van der Waals surface area contributed by atoms with Gasteiger partial charge in [-0.3, -0.25) is 4.98 Å². The van der Waals surface area contributed by atoms with Crippen LogP contribution < -0.4 is 10.2 Å². The molecule has 1 aliphatic rings. The van der Waals surface area contributed by atoms with Crippen LogP contribution in [0.25, 0.3) is 0 Å². The van der Waals surface area contributed by atoms with Crippen LogP contribution in [0.5, 0.6) is 0 Å². The average Bonchev–Trinajstić information content (AvgIpc) is 2.46. The van der Waals surface area contributed by atoms with Crippen molar-refractivity contribution in [3.8, 4) is 0 Å². The highest BCUT2D eigenvalue weighted by atomic mass is 15.2. The highest BCUT2D eigenvalue weighted by molar-refractivity contribution is 5.47. The minimum atomic E-state index is 0.555. The number of piperazine rings is 1. The minimum absolute atomic E-state index is 0.555. The monoisotopic (exact) mass is 275 g/mol. The lowest BCUT2D eigenvalue weighted by atomic mass is 9.92. The van der Waals surface area contributed by atoms with Crippen molar-refractivity contribution in [3.63, 3.8) is 0 Å². The molecule has 1 aromatic heterocycles. The van der Waals surface area contributed by atoms with E-state index >= 15 is 0 Å². The predicted molar refractivity (Wildman–Crippen MR) is 86.2 cm³/mol. The maximum Gasteiger partial charge on any atom is 0.0556 e. The van der Waals surface area contributed by atoms with E-state index in [9.17, 15) is 0 Å². The first-order valence-electron chi connectivity index (χ1n) is 7.95. The number of nitrogens with zero attached hydrogens (tertiary/aromatic N) is 2. The molecular weight excluding hydrogens is 246 g/mol. The van der Waals surface area contributed by atoms with Gasteiger partial charge in [0.05, 0.1) is 11.9 Å². The number of nitrogens with one attached hydrogen (secondary N) is 1. The van der Waals surface area contributed by atoms with Crippen molar-refractivity contribution in [1.29, 1.82) is 0 Å². The second kappa shape index (κ2) is 6.57. The topological polar surface area (TPSA) is 28.2 Å². The molecule has 1 saturated heterocycles. The first-order valence-corrected chi connectivity index (χ1v) is 7.95. The van der Waals surface area contributed by atoms with Crippen molar-refractivity contribution in [2.75, 3.05) is 18.0 Å². The Kier molecular flexibility index (Phi) is 5.03. The molecule has 1 N–H and O–H groups in total. The van der Waals surface area contributed by atoms with Crippen LogP contribution in [0.4, 0.5) is 5.69 Å². The van der Waals surface area contributed by atoms with Crippen molar-refractivity contribution < 1.29 is 0 Å². The molecule has 20 heavy (non-hydrogen) atoms. The van der Waals surface area contributed by atoms with Crippen molar-refractivity contribution in [3.05, 3.63) is 24.0 Å². The molecule has 112 valence electrons. The number of hydrogen-bond donors (Lipinski definition) is 1. The van der Waals surface area contributed by atoms with E-state index in [4.69, 9.17) is 0 Å². The zero-order valence-electron chi connectivity index (χ0n) is 13.6. The maximum absolute atomic E-state index is 4.48. The van der Waals surface area contributed by atoms with E-state index in [0.717, 1.165) is 18.8 Å². The highest BCUT2D eigenvalue weighted by Crippen LogP contribution is 2.25. The third-order valence-corrected chi connectivity index (χ3v) is 4.71. The number of hydrogen-bond acceptors (Lipinski definition) is 3. The fourth-order valence-electron chi connectivity index (χ4n) is 2.98. The number of aryl methyl sites for hydroxylation is 1. The smallest absolute Gasteiger partial charge is 0.0556 e. The number of pyridine rings is 1. The Morgan fingerprint density at radius 3 is 2.65 bits per heavy atom. The number of rotatable bonds is 4. The van der Waals surface area contributed by atoms with Gasteiger partial charge in [-0.25, -0.2) is 0 Å². The summed E-state index contributed by atoms with van der Waals surface area (Å²) in [7, 11) is 0. The summed E-state index contributed by atoms with van der Waals surface area (Å²) in [6, 6.07) is 5.47. The third kappa shape index (κ3) is 3.32. The summed E-state index contributed by atoms with van der Waals surface area (Å²) in [4.78, 5) is 7.04. The van der Waals surface area contributed by atoms with Crippen LogP contribution >= 0.6 is 0 Å². The maximum atomic E-state index is 4.48. The molecule has 3 unspecified atom stereocenters. The zero-order chi connectivity index (χ0) is 14.7. The zero-order valence-corrected chi connectivity index (χ0v) is 13.6. The average molecular weight is 275 g/mol. The van der Waals surface area contributed by atoms with Crippen LogP contribution in [-0.2, 0) is 0 Å². The van der Waals surface area contributed by atoms with E-state index in [1.54, 1.807) is 0 Å². The van der Waals surface area contributed by atoms with Gasteiger partial charge in [-0.05, 0) is 30.9 Å². The summed E-state index contributed by atoms with van der Waals surface area (Å²) in [5.41, 5.74) is 2.35. The Labute approximate surface area is 123 Å². The van der Waals surface area contributed by atoms with Crippen LogP contribution in [0, 0.1) is 18.8 Å². The molecule has 0 saturated carbocycles. The van der Waals surface area contributed by atoms with Gasteiger partial charge in [-0.1, -0.05) is 34.1 Å². The van der Waals surface area contributed by atoms with Crippen molar-refractivity contribution >= 4 is 5.69 Å². The normalized spacial score (nSPS) is 25.0. The summed E-state index contributed by atoms with van der Waals surface area (Å²) in [5, 5.41) is 3.75. The summed E-state index contributed by atoms with van der Waals surface area (Å²) in [6.45, 7) is 13.4. The third-order valence-electron chi connectivity index (χ3n) is 4.71. The quantitative estimate of drug-likeness (QED) is 0.914. The molecule has 2 heterocycles. The van der Waals surface area contributed by atoms with Gasteiger partial charge >= 0.3 is 0 Å². The first-order chi connectivity index (χ1) is 9.52. The van der Waals surface area contributed by atoms with E-state index in [-0.39, 0.29) is 0 Å².